The second kappa shape index (κ2) is 7.72. The van der Waals surface area contributed by atoms with E-state index in [1.54, 1.807) is 32.9 Å². The van der Waals surface area contributed by atoms with Crippen molar-refractivity contribution in [1.29, 1.82) is 0 Å². The first-order valence-electron chi connectivity index (χ1n) is 7.83. The lowest BCUT2D eigenvalue weighted by atomic mass is 10.1. The number of tetrazole rings is 1. The molecule has 26 heavy (non-hydrogen) atoms. The Morgan fingerprint density at radius 1 is 1.15 bits per heavy atom. The van der Waals surface area contributed by atoms with Crippen LogP contribution < -0.4 is 10.6 Å². The Morgan fingerprint density at radius 3 is 2.35 bits per heavy atom. The average molecular weight is 360 g/mol. The molecular weight excluding hydrogens is 340 g/mol. The molecule has 0 radical (unpaired) electrons. The SMILES string of the molecule is C[C@H](OC(=O)c1ccc(-n2cnnn2)cc1)C(=O)NC(=O)NC(C)(C)C. The van der Waals surface area contributed by atoms with Gasteiger partial charge in [-0.2, -0.15) is 0 Å². The van der Waals surface area contributed by atoms with Crippen LogP contribution in [0.1, 0.15) is 38.1 Å². The second-order valence-corrected chi connectivity index (χ2v) is 6.54. The van der Waals surface area contributed by atoms with Crippen molar-refractivity contribution in [2.45, 2.75) is 39.3 Å². The zero-order valence-electron chi connectivity index (χ0n) is 14.9. The van der Waals surface area contributed by atoms with Crippen LogP contribution in [0, 0.1) is 0 Å². The van der Waals surface area contributed by atoms with Gasteiger partial charge in [-0.25, -0.2) is 14.3 Å². The van der Waals surface area contributed by atoms with Crippen molar-refractivity contribution in [1.82, 2.24) is 30.8 Å². The van der Waals surface area contributed by atoms with Gasteiger partial charge in [0.2, 0.25) is 0 Å². The minimum absolute atomic E-state index is 0.251. The van der Waals surface area contributed by atoms with E-state index in [4.69, 9.17) is 4.74 Å². The van der Waals surface area contributed by atoms with Crippen LogP contribution in [0.3, 0.4) is 0 Å². The van der Waals surface area contributed by atoms with Gasteiger partial charge in [0, 0.05) is 5.54 Å². The summed E-state index contributed by atoms with van der Waals surface area (Å²) in [6, 6.07) is 5.66. The lowest BCUT2D eigenvalue weighted by Crippen LogP contribution is -2.50. The molecule has 10 nitrogen and oxygen atoms in total. The van der Waals surface area contributed by atoms with Crippen LogP contribution in [0.4, 0.5) is 4.79 Å². The highest BCUT2D eigenvalue weighted by Gasteiger charge is 2.22. The Hall–Kier alpha value is -3.30. The first kappa shape index (κ1) is 19.0. The number of amides is 3. The fourth-order valence-corrected chi connectivity index (χ4v) is 1.90. The summed E-state index contributed by atoms with van der Waals surface area (Å²) in [5.74, 6) is -1.41. The molecule has 3 amide bonds. The van der Waals surface area contributed by atoms with Crippen LogP contribution in [0.2, 0.25) is 0 Å². The predicted molar refractivity (Wildman–Crippen MR) is 90.5 cm³/mol. The maximum atomic E-state index is 12.1. The number of nitrogens with zero attached hydrogens (tertiary/aromatic N) is 4. The quantitative estimate of drug-likeness (QED) is 0.773. The van der Waals surface area contributed by atoms with Gasteiger partial charge in [0.05, 0.1) is 11.3 Å². The summed E-state index contributed by atoms with van der Waals surface area (Å²) in [5, 5.41) is 15.5. The third kappa shape index (κ3) is 5.36. The highest BCUT2D eigenvalue weighted by Crippen LogP contribution is 2.10. The average Bonchev–Trinajstić information content (AvgIpc) is 3.07. The highest BCUT2D eigenvalue weighted by molar-refractivity contribution is 5.98. The second-order valence-electron chi connectivity index (χ2n) is 6.54. The lowest BCUT2D eigenvalue weighted by molar-refractivity contribution is -0.127. The molecule has 0 aliphatic rings. The Bertz CT molecular complexity index is 780. The topological polar surface area (TPSA) is 128 Å². The van der Waals surface area contributed by atoms with Crippen molar-refractivity contribution in [3.63, 3.8) is 0 Å². The van der Waals surface area contributed by atoms with Crippen LogP contribution in [0.5, 0.6) is 0 Å². The monoisotopic (exact) mass is 360 g/mol. The number of imide groups is 1. The Labute approximate surface area is 149 Å². The van der Waals surface area contributed by atoms with Crippen molar-refractivity contribution in [3.05, 3.63) is 36.2 Å². The molecule has 1 atom stereocenters. The summed E-state index contributed by atoms with van der Waals surface area (Å²) in [6.07, 6.45) is 0.287. The van der Waals surface area contributed by atoms with Gasteiger partial charge >= 0.3 is 12.0 Å². The summed E-state index contributed by atoms with van der Waals surface area (Å²) in [6.45, 7) is 6.71. The minimum atomic E-state index is -1.13. The van der Waals surface area contributed by atoms with E-state index in [2.05, 4.69) is 26.2 Å². The van der Waals surface area contributed by atoms with Crippen molar-refractivity contribution in [3.8, 4) is 5.69 Å². The standard InChI is InChI=1S/C16H20N6O4/c1-10(13(23)18-15(25)19-16(2,3)4)26-14(24)11-5-7-12(8-6-11)22-9-17-20-21-22/h5-10H,1-4H3,(H2,18,19,23,25)/t10-/m0/s1. The maximum Gasteiger partial charge on any atom is 0.338 e. The molecule has 0 spiro atoms. The molecule has 0 unspecified atom stereocenters. The first-order chi connectivity index (χ1) is 12.2. The van der Waals surface area contributed by atoms with Crippen LogP contribution in [0.25, 0.3) is 5.69 Å². The van der Waals surface area contributed by atoms with E-state index in [0.717, 1.165) is 0 Å². The number of urea groups is 1. The number of benzene rings is 1. The molecule has 138 valence electrons. The molecule has 1 heterocycles. The van der Waals surface area contributed by atoms with E-state index >= 15 is 0 Å². The normalized spacial score (nSPS) is 12.2. The van der Waals surface area contributed by atoms with E-state index in [1.165, 1.54) is 30.1 Å². The number of hydrogen-bond acceptors (Lipinski definition) is 7. The van der Waals surface area contributed by atoms with Crippen molar-refractivity contribution in [2.24, 2.45) is 0 Å². The van der Waals surface area contributed by atoms with Crippen LogP contribution in [0.15, 0.2) is 30.6 Å². The molecule has 1 aromatic carbocycles. The number of aromatic nitrogens is 4. The van der Waals surface area contributed by atoms with Crippen molar-refractivity contribution in [2.75, 3.05) is 0 Å². The van der Waals surface area contributed by atoms with Gasteiger partial charge in [0.15, 0.2) is 6.10 Å². The lowest BCUT2D eigenvalue weighted by Gasteiger charge is -2.21. The summed E-state index contributed by atoms with van der Waals surface area (Å²) < 4.78 is 6.51. The molecule has 1 aromatic heterocycles. The van der Waals surface area contributed by atoms with Gasteiger partial charge in [-0.05, 0) is 62.4 Å². The van der Waals surface area contributed by atoms with Gasteiger partial charge in [-0.3, -0.25) is 10.1 Å². The zero-order chi connectivity index (χ0) is 19.3. The minimum Gasteiger partial charge on any atom is -0.449 e. The van der Waals surface area contributed by atoms with Gasteiger partial charge in [-0.15, -0.1) is 5.10 Å². The fourth-order valence-electron chi connectivity index (χ4n) is 1.90. The Balaban J connectivity index is 1.92. The molecule has 0 saturated heterocycles. The van der Waals surface area contributed by atoms with Gasteiger partial charge in [0.25, 0.3) is 5.91 Å². The van der Waals surface area contributed by atoms with Crippen LogP contribution in [-0.2, 0) is 9.53 Å². The summed E-state index contributed by atoms with van der Waals surface area (Å²) in [5.41, 5.74) is 0.419. The first-order valence-corrected chi connectivity index (χ1v) is 7.83. The number of carbonyl (C=O) groups is 3. The molecule has 0 bridgehead atoms. The smallest absolute Gasteiger partial charge is 0.338 e. The molecule has 0 saturated carbocycles. The van der Waals surface area contributed by atoms with E-state index in [-0.39, 0.29) is 5.56 Å². The van der Waals surface area contributed by atoms with Crippen LogP contribution >= 0.6 is 0 Å². The molecule has 10 heteroatoms. The number of rotatable bonds is 4. The largest absolute Gasteiger partial charge is 0.449 e. The molecule has 2 rings (SSSR count). The number of esters is 1. The maximum absolute atomic E-state index is 12.1. The van der Waals surface area contributed by atoms with Crippen molar-refractivity contribution >= 4 is 17.9 Å². The van der Waals surface area contributed by atoms with Gasteiger partial charge in [0.1, 0.15) is 6.33 Å². The van der Waals surface area contributed by atoms with Crippen molar-refractivity contribution < 1.29 is 19.1 Å². The Kier molecular flexibility index (Phi) is 5.65. The van der Waals surface area contributed by atoms with E-state index in [1.807, 2.05) is 0 Å². The fraction of sp³-hybridized carbons (Fsp3) is 0.375. The van der Waals surface area contributed by atoms with E-state index in [9.17, 15) is 14.4 Å². The van der Waals surface area contributed by atoms with E-state index < -0.39 is 29.6 Å². The highest BCUT2D eigenvalue weighted by atomic mass is 16.5. The van der Waals surface area contributed by atoms with Gasteiger partial charge < -0.3 is 10.1 Å². The number of ether oxygens (including phenoxy) is 1. The van der Waals surface area contributed by atoms with Crippen LogP contribution in [-0.4, -0.2) is 49.8 Å². The molecular formula is C16H20N6O4. The molecule has 0 fully saturated rings. The summed E-state index contributed by atoms with van der Waals surface area (Å²) >= 11 is 0. The Morgan fingerprint density at radius 2 is 1.81 bits per heavy atom. The third-order valence-electron chi connectivity index (χ3n) is 3.09. The molecule has 2 N–H and O–H groups in total. The summed E-state index contributed by atoms with van der Waals surface area (Å²) in [7, 11) is 0. The third-order valence-corrected chi connectivity index (χ3v) is 3.09. The number of carbonyl (C=O) groups excluding carboxylic acids is 3. The number of hydrogen-bond donors (Lipinski definition) is 2. The zero-order valence-corrected chi connectivity index (χ0v) is 14.9. The van der Waals surface area contributed by atoms with Gasteiger partial charge in [-0.1, -0.05) is 0 Å². The summed E-state index contributed by atoms with van der Waals surface area (Å²) in [4.78, 5) is 35.7. The molecule has 0 aliphatic carbocycles. The molecule has 2 aromatic rings. The molecule has 0 aliphatic heterocycles. The number of nitrogens with one attached hydrogen (secondary N) is 2. The predicted octanol–water partition coefficient (Wildman–Crippen LogP) is 0.832. The van der Waals surface area contributed by atoms with E-state index in [0.29, 0.717) is 5.69 Å².